The normalized spacial score (nSPS) is 10.2. The molecule has 0 N–H and O–H groups in total. The molecule has 0 amide bonds. The summed E-state index contributed by atoms with van der Waals surface area (Å²) in [6.45, 7) is 4.33. The molecular weight excluding hydrogens is 302 g/mol. The lowest BCUT2D eigenvalue weighted by atomic mass is 10.1. The van der Waals surface area contributed by atoms with Crippen LogP contribution in [-0.2, 0) is 0 Å². The maximum Gasteiger partial charge on any atom is 0.0270 e. The van der Waals surface area contributed by atoms with Crippen LogP contribution in [0.25, 0.3) is 0 Å². The minimum absolute atomic E-state index is 0.845. The molecule has 134 valence electrons. The molecule has 1 heterocycles. The smallest absolute Gasteiger partial charge is 0.0270 e. The summed E-state index contributed by atoms with van der Waals surface area (Å²) in [4.78, 5) is 3.85. The first-order chi connectivity index (χ1) is 11.3. The molecule has 0 fully saturated rings. The molecule has 0 unspecified atom stereocenters. The molecule has 23 heavy (non-hydrogen) atoms. The van der Waals surface area contributed by atoms with Crippen molar-refractivity contribution in [2.24, 2.45) is 0 Å². The summed E-state index contributed by atoms with van der Waals surface area (Å²) in [6, 6.07) is 3.94. The standard InChI is InChI=1S/C15H31Cl.C6H7N/c1-2-3-4-5-6-7-8-9-10-11-12-13-14-15-16;1-6-2-4-7-5-3-6/h2-15H2,1H3;2-5H,1H3. The second-order valence-corrected chi connectivity index (χ2v) is 6.83. The van der Waals surface area contributed by atoms with E-state index in [1.807, 2.05) is 19.1 Å². The van der Waals surface area contributed by atoms with Gasteiger partial charge in [0.2, 0.25) is 0 Å². The van der Waals surface area contributed by atoms with Crippen molar-refractivity contribution in [1.82, 2.24) is 4.98 Å². The third kappa shape index (κ3) is 19.4. The second-order valence-electron chi connectivity index (χ2n) is 6.46. The van der Waals surface area contributed by atoms with Gasteiger partial charge < -0.3 is 0 Å². The highest BCUT2D eigenvalue weighted by Gasteiger charge is 1.93. The van der Waals surface area contributed by atoms with Gasteiger partial charge in [0.15, 0.2) is 0 Å². The molecule has 0 aliphatic rings. The predicted octanol–water partition coefficient (Wildman–Crippen LogP) is 7.71. The molecule has 0 spiro atoms. The minimum atomic E-state index is 0.845. The van der Waals surface area contributed by atoms with Crippen LogP contribution in [0.15, 0.2) is 24.5 Å². The van der Waals surface area contributed by atoms with Gasteiger partial charge in [-0.15, -0.1) is 11.6 Å². The predicted molar refractivity (Wildman–Crippen MR) is 105 cm³/mol. The molecule has 0 radical (unpaired) electrons. The summed E-state index contributed by atoms with van der Waals surface area (Å²) in [5.41, 5.74) is 1.26. The van der Waals surface area contributed by atoms with Crippen molar-refractivity contribution in [3.05, 3.63) is 30.1 Å². The molecule has 0 aromatic carbocycles. The van der Waals surface area contributed by atoms with Crippen LogP contribution in [0.1, 0.15) is 96.0 Å². The number of halogens is 1. The summed E-state index contributed by atoms with van der Waals surface area (Å²) in [5.74, 6) is 0.845. The highest BCUT2D eigenvalue weighted by atomic mass is 35.5. The third-order valence-corrected chi connectivity index (χ3v) is 4.35. The zero-order chi connectivity index (χ0) is 17.0. The van der Waals surface area contributed by atoms with E-state index < -0.39 is 0 Å². The van der Waals surface area contributed by atoms with Gasteiger partial charge in [-0.25, -0.2) is 0 Å². The van der Waals surface area contributed by atoms with Crippen LogP contribution in [0.5, 0.6) is 0 Å². The van der Waals surface area contributed by atoms with Gasteiger partial charge in [0.1, 0.15) is 0 Å². The SMILES string of the molecule is CCCCCCCCCCCCCCCCl.Cc1ccncc1. The Kier molecular flexibility index (Phi) is 19.0. The van der Waals surface area contributed by atoms with Crippen LogP contribution in [0.2, 0.25) is 0 Å². The van der Waals surface area contributed by atoms with E-state index in [1.165, 1.54) is 89.0 Å². The van der Waals surface area contributed by atoms with Crippen molar-refractivity contribution in [1.29, 1.82) is 0 Å². The van der Waals surface area contributed by atoms with E-state index in [1.54, 1.807) is 12.4 Å². The zero-order valence-electron chi connectivity index (χ0n) is 15.5. The summed E-state index contributed by atoms with van der Waals surface area (Å²) in [6.07, 6.45) is 21.9. The van der Waals surface area contributed by atoms with Crippen molar-refractivity contribution in [2.75, 3.05) is 5.88 Å². The van der Waals surface area contributed by atoms with E-state index in [0.717, 1.165) is 5.88 Å². The molecule has 1 aromatic heterocycles. The van der Waals surface area contributed by atoms with Gasteiger partial charge in [-0.05, 0) is 31.0 Å². The lowest BCUT2D eigenvalue weighted by molar-refractivity contribution is 0.543. The van der Waals surface area contributed by atoms with Crippen molar-refractivity contribution in [2.45, 2.75) is 97.3 Å². The molecule has 0 aliphatic heterocycles. The highest BCUT2D eigenvalue weighted by Crippen LogP contribution is 2.12. The first-order valence-corrected chi connectivity index (χ1v) is 10.3. The lowest BCUT2D eigenvalue weighted by Crippen LogP contribution is -1.83. The highest BCUT2D eigenvalue weighted by molar-refractivity contribution is 6.17. The Morgan fingerprint density at radius 3 is 1.39 bits per heavy atom. The monoisotopic (exact) mass is 339 g/mol. The summed E-state index contributed by atoms with van der Waals surface area (Å²) >= 11 is 5.63. The fourth-order valence-corrected chi connectivity index (χ4v) is 2.73. The van der Waals surface area contributed by atoms with E-state index >= 15 is 0 Å². The quantitative estimate of drug-likeness (QED) is 0.265. The third-order valence-electron chi connectivity index (χ3n) is 4.08. The molecule has 0 atom stereocenters. The fraction of sp³-hybridized carbons (Fsp3) is 0.762. The van der Waals surface area contributed by atoms with E-state index in [9.17, 15) is 0 Å². The molecule has 0 saturated heterocycles. The largest absolute Gasteiger partial charge is 0.265 e. The average molecular weight is 340 g/mol. The molecule has 1 rings (SSSR count). The number of aromatic nitrogens is 1. The Balaban J connectivity index is 0.000000568. The van der Waals surface area contributed by atoms with Crippen LogP contribution in [0.3, 0.4) is 0 Å². The Morgan fingerprint density at radius 1 is 0.696 bits per heavy atom. The molecule has 0 aliphatic carbocycles. The molecule has 0 saturated carbocycles. The number of alkyl halides is 1. The molecular formula is C21H38ClN. The van der Waals surface area contributed by atoms with Crippen LogP contribution in [0, 0.1) is 6.92 Å². The van der Waals surface area contributed by atoms with Crippen LogP contribution in [0.4, 0.5) is 0 Å². The number of unbranched alkanes of at least 4 members (excludes halogenated alkanes) is 12. The summed E-state index contributed by atoms with van der Waals surface area (Å²) < 4.78 is 0. The van der Waals surface area contributed by atoms with Gasteiger partial charge in [-0.3, -0.25) is 4.98 Å². The van der Waals surface area contributed by atoms with E-state index in [0.29, 0.717) is 0 Å². The topological polar surface area (TPSA) is 12.9 Å². The van der Waals surface area contributed by atoms with Gasteiger partial charge in [-0.2, -0.15) is 0 Å². The number of hydrogen-bond donors (Lipinski definition) is 0. The molecule has 2 heteroatoms. The molecule has 0 bridgehead atoms. The van der Waals surface area contributed by atoms with Gasteiger partial charge in [0.25, 0.3) is 0 Å². The maximum atomic E-state index is 5.63. The molecule has 1 aromatic rings. The van der Waals surface area contributed by atoms with Gasteiger partial charge in [-0.1, -0.05) is 84.0 Å². The van der Waals surface area contributed by atoms with E-state index in [2.05, 4.69) is 11.9 Å². The zero-order valence-corrected chi connectivity index (χ0v) is 16.3. The van der Waals surface area contributed by atoms with E-state index in [4.69, 9.17) is 11.6 Å². The molecule has 1 nitrogen and oxygen atoms in total. The summed E-state index contributed by atoms with van der Waals surface area (Å²) in [7, 11) is 0. The van der Waals surface area contributed by atoms with Crippen LogP contribution >= 0.6 is 11.6 Å². The summed E-state index contributed by atoms with van der Waals surface area (Å²) in [5, 5.41) is 0. The average Bonchev–Trinajstić information content (AvgIpc) is 2.57. The van der Waals surface area contributed by atoms with Crippen molar-refractivity contribution in [3.8, 4) is 0 Å². The first-order valence-electron chi connectivity index (χ1n) is 9.73. The number of nitrogens with zero attached hydrogens (tertiary/aromatic N) is 1. The Morgan fingerprint density at radius 2 is 1.09 bits per heavy atom. The number of hydrogen-bond acceptors (Lipinski definition) is 1. The van der Waals surface area contributed by atoms with Gasteiger partial charge in [0.05, 0.1) is 0 Å². The van der Waals surface area contributed by atoms with Crippen LogP contribution in [-0.4, -0.2) is 10.9 Å². The minimum Gasteiger partial charge on any atom is -0.265 e. The van der Waals surface area contributed by atoms with Gasteiger partial charge in [0, 0.05) is 18.3 Å². The Bertz CT molecular complexity index is 299. The van der Waals surface area contributed by atoms with Crippen molar-refractivity contribution < 1.29 is 0 Å². The van der Waals surface area contributed by atoms with Gasteiger partial charge >= 0.3 is 0 Å². The second kappa shape index (κ2) is 19.5. The van der Waals surface area contributed by atoms with Crippen molar-refractivity contribution >= 4 is 11.6 Å². The Hall–Kier alpha value is -0.560. The van der Waals surface area contributed by atoms with Crippen molar-refractivity contribution in [3.63, 3.8) is 0 Å². The Labute approximate surface area is 150 Å². The maximum absolute atomic E-state index is 5.63. The van der Waals surface area contributed by atoms with E-state index in [-0.39, 0.29) is 0 Å². The fourth-order valence-electron chi connectivity index (χ4n) is 2.54. The first kappa shape index (κ1) is 22.4. The number of aryl methyl sites for hydroxylation is 1. The van der Waals surface area contributed by atoms with Crippen LogP contribution < -0.4 is 0 Å². The number of rotatable bonds is 13. The lowest BCUT2D eigenvalue weighted by Gasteiger charge is -2.02. The number of pyridine rings is 1.